The van der Waals surface area contributed by atoms with Gasteiger partial charge >= 0.3 is 0 Å². The van der Waals surface area contributed by atoms with Gasteiger partial charge in [-0.25, -0.2) is 0 Å². The number of rotatable bonds is 12. The molecule has 1 aromatic rings. The maximum atomic E-state index is 13.5. The molecule has 3 atom stereocenters. The fourth-order valence-corrected chi connectivity index (χ4v) is 6.97. The number of nitrogens with one attached hydrogen (secondary N) is 1. The zero-order chi connectivity index (χ0) is 24.7. The number of aliphatic hydroxyl groups is 1. The number of ether oxygens (including phenoxy) is 1. The Balaban J connectivity index is 1.48. The molecule has 196 valence electrons. The molecule has 3 aliphatic rings. The maximum absolute atomic E-state index is 13.5. The van der Waals surface area contributed by atoms with Crippen molar-refractivity contribution in [1.82, 2.24) is 10.2 Å². The van der Waals surface area contributed by atoms with Crippen LogP contribution in [0.1, 0.15) is 95.1 Å². The molecule has 0 aromatic heterocycles. The molecule has 1 aliphatic carbocycles. The molecule has 0 radical (unpaired) electrons. The number of amides is 1. The Kier molecular flexibility index (Phi) is 9.52. The molecular formula is C30H48N2O3. The van der Waals surface area contributed by atoms with E-state index in [1.54, 1.807) is 0 Å². The molecule has 2 fully saturated rings. The molecule has 0 spiro atoms. The van der Waals surface area contributed by atoms with Gasteiger partial charge in [0.2, 0.25) is 5.91 Å². The van der Waals surface area contributed by atoms with E-state index in [0.717, 1.165) is 81.7 Å². The number of likely N-dealkylation sites (tertiary alicyclic amines) is 1. The number of hydrogen-bond donors (Lipinski definition) is 2. The first-order valence-corrected chi connectivity index (χ1v) is 14.4. The number of para-hydroxylation sites is 1. The van der Waals surface area contributed by atoms with Crippen molar-refractivity contribution >= 4 is 5.91 Å². The lowest BCUT2D eigenvalue weighted by atomic mass is 9.73. The van der Waals surface area contributed by atoms with Crippen LogP contribution in [0.4, 0.5) is 0 Å². The van der Waals surface area contributed by atoms with Crippen molar-refractivity contribution in [3.05, 3.63) is 29.3 Å². The summed E-state index contributed by atoms with van der Waals surface area (Å²) < 4.78 is 6.04. The van der Waals surface area contributed by atoms with Crippen LogP contribution >= 0.6 is 0 Å². The van der Waals surface area contributed by atoms with Crippen molar-refractivity contribution in [1.29, 1.82) is 0 Å². The number of piperidine rings is 1. The molecule has 0 bridgehead atoms. The fraction of sp³-hybridized carbons (Fsp3) is 0.767. The number of nitrogens with zero attached hydrogens (tertiary/aromatic N) is 1. The Bertz CT molecular complexity index is 822. The zero-order valence-electron chi connectivity index (χ0n) is 22.2. The third-order valence-electron chi connectivity index (χ3n) is 8.89. The summed E-state index contributed by atoms with van der Waals surface area (Å²) in [5.74, 6) is 2.42. The van der Waals surface area contributed by atoms with Crippen LogP contribution in [0, 0.1) is 17.8 Å². The summed E-state index contributed by atoms with van der Waals surface area (Å²) in [6.45, 7) is 5.28. The Hall–Kier alpha value is -1.59. The third kappa shape index (κ3) is 6.40. The third-order valence-corrected chi connectivity index (χ3v) is 8.89. The lowest BCUT2D eigenvalue weighted by Crippen LogP contribution is -2.48. The van der Waals surface area contributed by atoms with Crippen LogP contribution in [0.15, 0.2) is 18.2 Å². The van der Waals surface area contributed by atoms with Crippen LogP contribution in [-0.2, 0) is 16.8 Å². The van der Waals surface area contributed by atoms with E-state index in [0.29, 0.717) is 25.5 Å². The standard InChI is InChI=1S/C30H48N2O3/c1-3-4-7-16-30(34,27-14-8-12-25-15-18-35-29(25)27)26-13-9-17-32(22-26)28(33)20-24(21-31-2)19-23-10-5-6-11-23/h8,12,14,23-24,26,31,34H,3-7,9-11,13,15-22H2,1-2H3/t24-,26-,30+/m1/s1. The normalized spacial score (nSPS) is 23.1. The lowest BCUT2D eigenvalue weighted by Gasteiger charge is -2.43. The molecule has 0 unspecified atom stereocenters. The highest BCUT2D eigenvalue weighted by Crippen LogP contribution is 2.46. The van der Waals surface area contributed by atoms with Crippen LogP contribution in [0.5, 0.6) is 5.75 Å². The Labute approximate surface area is 213 Å². The Morgan fingerprint density at radius 2 is 2.06 bits per heavy atom. The molecule has 2 aliphatic heterocycles. The molecule has 2 N–H and O–H groups in total. The molecular weight excluding hydrogens is 436 g/mol. The first kappa shape index (κ1) is 26.5. The molecule has 2 heterocycles. The summed E-state index contributed by atoms with van der Waals surface area (Å²) in [5.41, 5.74) is 1.22. The molecule has 1 saturated heterocycles. The van der Waals surface area contributed by atoms with Crippen LogP contribution < -0.4 is 10.1 Å². The van der Waals surface area contributed by atoms with E-state index >= 15 is 0 Å². The number of carbonyl (C=O) groups is 1. The van der Waals surface area contributed by atoms with E-state index in [1.807, 2.05) is 7.05 Å². The average molecular weight is 485 g/mol. The highest BCUT2D eigenvalue weighted by molar-refractivity contribution is 5.76. The van der Waals surface area contributed by atoms with Gasteiger partial charge in [0, 0.05) is 37.4 Å². The van der Waals surface area contributed by atoms with Crippen molar-refractivity contribution in [2.24, 2.45) is 17.8 Å². The van der Waals surface area contributed by atoms with Crippen LogP contribution in [0.2, 0.25) is 0 Å². The molecule has 4 rings (SSSR count). The minimum atomic E-state index is -0.946. The summed E-state index contributed by atoms with van der Waals surface area (Å²) in [5, 5.41) is 15.7. The summed E-state index contributed by atoms with van der Waals surface area (Å²) in [6, 6.07) is 6.27. The van der Waals surface area contributed by atoms with Crippen molar-refractivity contribution < 1.29 is 14.6 Å². The van der Waals surface area contributed by atoms with Gasteiger partial charge in [-0.3, -0.25) is 4.79 Å². The summed E-state index contributed by atoms with van der Waals surface area (Å²) in [6.07, 6.45) is 13.9. The number of carbonyl (C=O) groups excluding carboxylic acids is 1. The van der Waals surface area contributed by atoms with Crippen molar-refractivity contribution in [2.45, 2.75) is 96.0 Å². The van der Waals surface area contributed by atoms with Crippen molar-refractivity contribution in [2.75, 3.05) is 33.3 Å². The van der Waals surface area contributed by atoms with Gasteiger partial charge in [0.1, 0.15) is 5.75 Å². The van der Waals surface area contributed by atoms with Gasteiger partial charge in [0.25, 0.3) is 0 Å². The SMILES string of the molecule is CCCCC[C@@](O)(c1cccc2c1OCC2)[C@@H]1CCCN(C(=O)C[C@H](CNC)CC2CCCC2)C1. The van der Waals surface area contributed by atoms with E-state index in [2.05, 4.69) is 35.3 Å². The second-order valence-electron chi connectivity index (χ2n) is 11.5. The van der Waals surface area contributed by atoms with E-state index < -0.39 is 5.60 Å². The molecule has 5 heteroatoms. The van der Waals surface area contributed by atoms with Crippen LogP contribution in [-0.4, -0.2) is 49.2 Å². The molecule has 35 heavy (non-hydrogen) atoms. The van der Waals surface area contributed by atoms with Gasteiger partial charge in [-0.15, -0.1) is 0 Å². The number of fused-ring (bicyclic) bond motifs is 1. The van der Waals surface area contributed by atoms with E-state index in [4.69, 9.17) is 4.74 Å². The average Bonchev–Trinajstić information content (AvgIpc) is 3.56. The van der Waals surface area contributed by atoms with Gasteiger partial charge in [-0.1, -0.05) is 70.1 Å². The molecule has 1 amide bonds. The topological polar surface area (TPSA) is 61.8 Å². The van der Waals surface area contributed by atoms with Gasteiger partial charge in [0.05, 0.1) is 12.2 Å². The fourth-order valence-electron chi connectivity index (χ4n) is 6.97. The van der Waals surface area contributed by atoms with Crippen LogP contribution in [0.25, 0.3) is 0 Å². The highest BCUT2D eigenvalue weighted by Gasteiger charge is 2.43. The van der Waals surface area contributed by atoms with Crippen molar-refractivity contribution in [3.63, 3.8) is 0 Å². The summed E-state index contributed by atoms with van der Waals surface area (Å²) >= 11 is 0. The van der Waals surface area contributed by atoms with Gasteiger partial charge in [0.15, 0.2) is 0 Å². The monoisotopic (exact) mass is 484 g/mol. The number of hydrogen-bond acceptors (Lipinski definition) is 4. The Morgan fingerprint density at radius 3 is 2.83 bits per heavy atom. The second kappa shape index (κ2) is 12.6. The quantitative estimate of drug-likeness (QED) is 0.388. The molecule has 5 nitrogen and oxygen atoms in total. The predicted octanol–water partition coefficient (Wildman–Crippen LogP) is 5.43. The number of benzene rings is 1. The highest BCUT2D eigenvalue weighted by atomic mass is 16.5. The van der Waals surface area contributed by atoms with E-state index in [1.165, 1.54) is 31.2 Å². The van der Waals surface area contributed by atoms with E-state index in [9.17, 15) is 9.90 Å². The molecule has 1 aromatic carbocycles. The second-order valence-corrected chi connectivity index (χ2v) is 11.5. The zero-order valence-corrected chi connectivity index (χ0v) is 22.2. The van der Waals surface area contributed by atoms with Gasteiger partial charge in [-0.05, 0) is 56.7 Å². The largest absolute Gasteiger partial charge is 0.493 e. The minimum Gasteiger partial charge on any atom is -0.493 e. The first-order chi connectivity index (χ1) is 17.0. The van der Waals surface area contributed by atoms with Gasteiger partial charge < -0.3 is 20.1 Å². The minimum absolute atomic E-state index is 0.0466. The number of unbranched alkanes of at least 4 members (excludes halogenated alkanes) is 2. The van der Waals surface area contributed by atoms with Gasteiger partial charge in [-0.2, -0.15) is 0 Å². The molecule has 1 saturated carbocycles. The lowest BCUT2D eigenvalue weighted by molar-refractivity contribution is -0.138. The van der Waals surface area contributed by atoms with Crippen molar-refractivity contribution in [3.8, 4) is 5.75 Å². The van der Waals surface area contributed by atoms with E-state index in [-0.39, 0.29) is 11.8 Å². The summed E-state index contributed by atoms with van der Waals surface area (Å²) in [4.78, 5) is 15.6. The summed E-state index contributed by atoms with van der Waals surface area (Å²) in [7, 11) is 2.00. The maximum Gasteiger partial charge on any atom is 0.222 e. The first-order valence-electron chi connectivity index (χ1n) is 14.4. The Morgan fingerprint density at radius 1 is 1.23 bits per heavy atom. The smallest absolute Gasteiger partial charge is 0.222 e. The van der Waals surface area contributed by atoms with Crippen LogP contribution in [0.3, 0.4) is 0 Å². The predicted molar refractivity (Wildman–Crippen MR) is 142 cm³/mol.